The summed E-state index contributed by atoms with van der Waals surface area (Å²) in [4.78, 5) is 44.0. The number of anilines is 1. The summed E-state index contributed by atoms with van der Waals surface area (Å²) in [5, 5.41) is 4.62. The molecule has 10 heteroatoms. The second kappa shape index (κ2) is 9.06. The first-order chi connectivity index (χ1) is 15.5. The van der Waals surface area contributed by atoms with Gasteiger partial charge in [-0.15, -0.1) is 11.3 Å². The molecule has 0 aliphatic rings. The number of pyridine rings is 1. The molecular weight excluding hydrogens is 432 g/mol. The third kappa shape index (κ3) is 4.12. The molecule has 0 saturated heterocycles. The maximum absolute atomic E-state index is 13.2. The number of hydrogen-bond acceptors (Lipinski definition) is 7. The normalized spacial score (nSPS) is 10.8. The van der Waals surface area contributed by atoms with Gasteiger partial charge >= 0.3 is 5.69 Å². The molecule has 0 aliphatic carbocycles. The van der Waals surface area contributed by atoms with Crippen molar-refractivity contribution in [3.05, 3.63) is 79.8 Å². The number of benzene rings is 1. The molecule has 1 aromatic carbocycles. The largest absolute Gasteiger partial charge is 0.497 e. The highest BCUT2D eigenvalue weighted by molar-refractivity contribution is 7.09. The zero-order valence-corrected chi connectivity index (χ0v) is 18.2. The average molecular weight is 452 g/mol. The monoisotopic (exact) mass is 452 g/mol. The molecule has 1 amide bonds. The maximum Gasteiger partial charge on any atom is 0.332 e. The quantitative estimate of drug-likeness (QED) is 0.462. The first-order valence-electron chi connectivity index (χ1n) is 9.64. The molecule has 3 aromatic heterocycles. The van der Waals surface area contributed by atoms with Crippen LogP contribution in [-0.4, -0.2) is 34.2 Å². The summed E-state index contributed by atoms with van der Waals surface area (Å²) < 4.78 is 12.8. The van der Waals surface area contributed by atoms with Crippen LogP contribution in [0, 0.1) is 0 Å². The Kier molecular flexibility index (Phi) is 6.04. The highest BCUT2D eigenvalue weighted by atomic mass is 32.1. The number of thiophene rings is 1. The molecule has 0 radical (unpaired) electrons. The molecule has 0 fully saturated rings. The lowest BCUT2D eigenvalue weighted by Gasteiger charge is -2.15. The zero-order valence-electron chi connectivity index (χ0n) is 17.4. The number of hydrogen-bond donors (Lipinski definition) is 1. The van der Waals surface area contributed by atoms with Crippen LogP contribution in [0.15, 0.2) is 63.6 Å². The van der Waals surface area contributed by atoms with Crippen LogP contribution >= 0.6 is 11.3 Å². The molecule has 32 heavy (non-hydrogen) atoms. The molecular formula is C22H20N4O5S. The smallest absolute Gasteiger partial charge is 0.332 e. The topological polar surface area (TPSA) is 104 Å². The Morgan fingerprint density at radius 3 is 2.66 bits per heavy atom. The number of ether oxygens (including phenoxy) is 2. The molecule has 0 spiro atoms. The van der Waals surface area contributed by atoms with E-state index in [1.807, 2.05) is 17.5 Å². The summed E-state index contributed by atoms with van der Waals surface area (Å²) in [6, 6.07) is 11.9. The van der Waals surface area contributed by atoms with E-state index in [4.69, 9.17) is 9.47 Å². The molecule has 4 rings (SSSR count). The third-order valence-electron chi connectivity index (χ3n) is 4.86. The van der Waals surface area contributed by atoms with Crippen LogP contribution in [0.1, 0.15) is 4.88 Å². The van der Waals surface area contributed by atoms with Gasteiger partial charge in [-0.1, -0.05) is 6.07 Å². The molecule has 9 nitrogen and oxygen atoms in total. The number of nitrogens with one attached hydrogen (secondary N) is 1. The first-order valence-corrected chi connectivity index (χ1v) is 10.5. The van der Waals surface area contributed by atoms with Gasteiger partial charge in [-0.3, -0.25) is 18.7 Å². The van der Waals surface area contributed by atoms with Crippen LogP contribution in [-0.2, 0) is 17.9 Å². The fourth-order valence-electron chi connectivity index (χ4n) is 3.34. The number of nitrogens with zero attached hydrogens (tertiary/aromatic N) is 3. The first kappa shape index (κ1) is 21.3. The SMILES string of the molecule is COc1ccc(OC)c(NC(=O)Cn2c(=O)n(Cc3cccs3)c(=O)c3ncccc32)c1. The molecule has 0 saturated carbocycles. The van der Waals surface area contributed by atoms with Crippen molar-refractivity contribution in [2.45, 2.75) is 13.1 Å². The summed E-state index contributed by atoms with van der Waals surface area (Å²) in [6.07, 6.45) is 1.48. The van der Waals surface area contributed by atoms with E-state index in [9.17, 15) is 14.4 Å². The number of fused-ring (bicyclic) bond motifs is 1. The highest BCUT2D eigenvalue weighted by Gasteiger charge is 2.17. The predicted molar refractivity (Wildman–Crippen MR) is 122 cm³/mol. The van der Waals surface area contributed by atoms with E-state index in [0.29, 0.717) is 17.2 Å². The Morgan fingerprint density at radius 2 is 1.94 bits per heavy atom. The summed E-state index contributed by atoms with van der Waals surface area (Å²) in [7, 11) is 3.00. The van der Waals surface area contributed by atoms with Crippen LogP contribution < -0.4 is 26.0 Å². The minimum absolute atomic E-state index is 0.104. The average Bonchev–Trinajstić information content (AvgIpc) is 3.32. The number of carbonyl (C=O) groups excluding carboxylic acids is 1. The molecule has 4 aromatic rings. The van der Waals surface area contributed by atoms with Crippen molar-refractivity contribution >= 4 is 34.0 Å². The second-order valence-electron chi connectivity index (χ2n) is 6.82. The van der Waals surface area contributed by atoms with Crippen LogP contribution in [0.4, 0.5) is 5.69 Å². The number of rotatable bonds is 7. The summed E-state index contributed by atoms with van der Waals surface area (Å²) in [5.41, 5.74) is -0.269. The van der Waals surface area contributed by atoms with E-state index in [1.54, 1.807) is 30.3 Å². The van der Waals surface area contributed by atoms with Crippen molar-refractivity contribution in [3.63, 3.8) is 0 Å². The number of aromatic nitrogens is 3. The number of amides is 1. The second-order valence-corrected chi connectivity index (χ2v) is 7.86. The van der Waals surface area contributed by atoms with Crippen molar-refractivity contribution in [2.24, 2.45) is 0 Å². The van der Waals surface area contributed by atoms with Crippen molar-refractivity contribution in [2.75, 3.05) is 19.5 Å². The van der Waals surface area contributed by atoms with Gasteiger partial charge in [0.1, 0.15) is 18.0 Å². The predicted octanol–water partition coefficient (Wildman–Crippen LogP) is 2.32. The van der Waals surface area contributed by atoms with Gasteiger partial charge in [0.15, 0.2) is 5.52 Å². The lowest BCUT2D eigenvalue weighted by Crippen LogP contribution is -2.42. The van der Waals surface area contributed by atoms with E-state index in [2.05, 4.69) is 10.3 Å². The summed E-state index contributed by atoms with van der Waals surface area (Å²) >= 11 is 1.44. The summed E-state index contributed by atoms with van der Waals surface area (Å²) in [5.74, 6) is 0.517. The fourth-order valence-corrected chi connectivity index (χ4v) is 4.03. The molecule has 0 bridgehead atoms. The van der Waals surface area contributed by atoms with Crippen LogP contribution in [0.25, 0.3) is 11.0 Å². The van der Waals surface area contributed by atoms with Crippen LogP contribution in [0.5, 0.6) is 11.5 Å². The van der Waals surface area contributed by atoms with Gasteiger partial charge in [0, 0.05) is 17.1 Å². The number of carbonyl (C=O) groups is 1. The Labute approximate surface area is 186 Å². The standard InChI is InChI=1S/C22H20N4O5S/c1-30-14-7-8-18(31-2)16(11-14)24-19(27)13-25-17-6-3-9-23-20(17)21(28)26(22(25)29)12-15-5-4-10-32-15/h3-11H,12-13H2,1-2H3,(H,24,27). The Balaban J connectivity index is 1.74. The van der Waals surface area contributed by atoms with Gasteiger partial charge in [0.2, 0.25) is 5.91 Å². The van der Waals surface area contributed by atoms with Gasteiger partial charge < -0.3 is 14.8 Å². The van der Waals surface area contributed by atoms with Crippen molar-refractivity contribution < 1.29 is 14.3 Å². The van der Waals surface area contributed by atoms with E-state index in [0.717, 1.165) is 9.44 Å². The third-order valence-corrected chi connectivity index (χ3v) is 5.72. The molecule has 1 N–H and O–H groups in total. The maximum atomic E-state index is 13.2. The molecule has 0 unspecified atom stereocenters. The van der Waals surface area contributed by atoms with Crippen molar-refractivity contribution in [1.29, 1.82) is 0 Å². The van der Waals surface area contributed by atoms with Crippen LogP contribution in [0.3, 0.4) is 0 Å². The Hall–Kier alpha value is -3.92. The van der Waals surface area contributed by atoms with E-state index >= 15 is 0 Å². The molecule has 0 aliphatic heterocycles. The van der Waals surface area contributed by atoms with Gasteiger partial charge in [-0.2, -0.15) is 0 Å². The molecule has 164 valence electrons. The van der Waals surface area contributed by atoms with Crippen molar-refractivity contribution in [1.82, 2.24) is 14.1 Å². The minimum Gasteiger partial charge on any atom is -0.497 e. The van der Waals surface area contributed by atoms with Crippen molar-refractivity contribution in [3.8, 4) is 11.5 Å². The van der Waals surface area contributed by atoms with E-state index < -0.39 is 17.2 Å². The van der Waals surface area contributed by atoms with Gasteiger partial charge in [-0.25, -0.2) is 9.78 Å². The summed E-state index contributed by atoms with van der Waals surface area (Å²) in [6.45, 7) is -0.209. The Morgan fingerprint density at radius 1 is 1.09 bits per heavy atom. The minimum atomic E-state index is -0.586. The van der Waals surface area contributed by atoms with Gasteiger partial charge in [0.05, 0.1) is 32.0 Å². The fraction of sp³-hybridized carbons (Fsp3) is 0.182. The zero-order chi connectivity index (χ0) is 22.7. The Bertz CT molecular complexity index is 1390. The lowest BCUT2D eigenvalue weighted by atomic mass is 10.2. The van der Waals surface area contributed by atoms with Gasteiger partial charge in [0.25, 0.3) is 5.56 Å². The van der Waals surface area contributed by atoms with E-state index in [1.165, 1.54) is 36.3 Å². The lowest BCUT2D eigenvalue weighted by molar-refractivity contribution is -0.116. The van der Waals surface area contributed by atoms with Gasteiger partial charge in [-0.05, 0) is 35.7 Å². The van der Waals surface area contributed by atoms with E-state index in [-0.39, 0.29) is 24.1 Å². The molecule has 0 atom stereocenters. The molecule has 3 heterocycles. The highest BCUT2D eigenvalue weighted by Crippen LogP contribution is 2.28. The van der Waals surface area contributed by atoms with Crippen LogP contribution in [0.2, 0.25) is 0 Å². The number of methoxy groups -OCH3 is 2.